The minimum absolute atomic E-state index is 0.159. The van der Waals surface area contributed by atoms with Gasteiger partial charge in [-0.15, -0.1) is 10.2 Å². The molecule has 0 aliphatic rings. The molecule has 3 aromatic rings. The summed E-state index contributed by atoms with van der Waals surface area (Å²) in [4.78, 5) is 23.8. The van der Waals surface area contributed by atoms with Crippen molar-refractivity contribution < 1.29 is 9.59 Å². The summed E-state index contributed by atoms with van der Waals surface area (Å²) in [5, 5.41) is 15.7. The molecule has 33 heavy (non-hydrogen) atoms. The average Bonchev–Trinajstić information content (AvgIpc) is 3.18. The van der Waals surface area contributed by atoms with Crippen LogP contribution in [0.4, 0.5) is 11.4 Å². The molecular weight excluding hydrogens is 458 g/mol. The molecule has 0 atom stereocenters. The van der Waals surface area contributed by atoms with E-state index in [1.165, 1.54) is 25.1 Å². The van der Waals surface area contributed by atoms with E-state index in [1.54, 1.807) is 24.3 Å². The van der Waals surface area contributed by atoms with Gasteiger partial charge in [-0.25, -0.2) is 0 Å². The second-order valence-electron chi connectivity index (χ2n) is 7.62. The molecule has 174 valence electrons. The fourth-order valence-corrected chi connectivity index (χ4v) is 4.20. The number of unbranched alkanes of at least 4 members (excludes halogenated alkanes) is 3. The van der Waals surface area contributed by atoms with Gasteiger partial charge in [0.25, 0.3) is 0 Å². The van der Waals surface area contributed by atoms with Crippen molar-refractivity contribution in [1.82, 2.24) is 14.8 Å². The third kappa shape index (κ3) is 7.61. The van der Waals surface area contributed by atoms with E-state index in [2.05, 4.69) is 32.3 Å². The van der Waals surface area contributed by atoms with Gasteiger partial charge >= 0.3 is 0 Å². The van der Waals surface area contributed by atoms with E-state index in [4.69, 9.17) is 11.6 Å². The average molecular weight is 486 g/mol. The number of nitrogens with zero attached hydrogens (tertiary/aromatic N) is 3. The lowest BCUT2D eigenvalue weighted by molar-refractivity contribution is -0.114. The summed E-state index contributed by atoms with van der Waals surface area (Å²) in [5.41, 5.74) is 2.19. The largest absolute Gasteiger partial charge is 0.326 e. The van der Waals surface area contributed by atoms with Crippen LogP contribution in [0.5, 0.6) is 0 Å². The predicted octanol–water partition coefficient (Wildman–Crippen LogP) is 5.87. The standard InChI is InChI=1S/C24H28ClN5O2S/c1-3-4-5-6-14-30-23(18-10-12-19(25)13-11-18)28-29-24(30)33-16-22(32)27-21-9-7-8-20(15-21)26-17(2)31/h7-13,15H,3-6,14,16H2,1-2H3,(H,26,31)(H,27,32). The molecule has 0 unspecified atom stereocenters. The topological polar surface area (TPSA) is 88.9 Å². The zero-order chi connectivity index (χ0) is 23.6. The van der Waals surface area contributed by atoms with E-state index in [1.807, 2.05) is 24.3 Å². The van der Waals surface area contributed by atoms with Crippen molar-refractivity contribution in [3.63, 3.8) is 0 Å². The molecule has 0 radical (unpaired) electrons. The number of carbonyl (C=O) groups excluding carboxylic acids is 2. The Morgan fingerprint density at radius 2 is 1.73 bits per heavy atom. The highest BCUT2D eigenvalue weighted by Gasteiger charge is 2.16. The van der Waals surface area contributed by atoms with Crippen molar-refractivity contribution >= 4 is 46.6 Å². The Balaban J connectivity index is 1.68. The summed E-state index contributed by atoms with van der Waals surface area (Å²) in [6.45, 7) is 4.41. The van der Waals surface area contributed by atoms with Crippen LogP contribution in [0.3, 0.4) is 0 Å². The first-order valence-electron chi connectivity index (χ1n) is 11.0. The summed E-state index contributed by atoms with van der Waals surface area (Å²) in [7, 11) is 0. The number of carbonyl (C=O) groups is 2. The zero-order valence-corrected chi connectivity index (χ0v) is 20.4. The van der Waals surface area contributed by atoms with Crippen LogP contribution in [-0.4, -0.2) is 32.3 Å². The van der Waals surface area contributed by atoms with Gasteiger partial charge in [0.2, 0.25) is 11.8 Å². The van der Waals surface area contributed by atoms with Crippen molar-refractivity contribution in [2.24, 2.45) is 0 Å². The minimum atomic E-state index is -0.163. The highest BCUT2D eigenvalue weighted by atomic mass is 35.5. The van der Waals surface area contributed by atoms with Crippen molar-refractivity contribution in [3.8, 4) is 11.4 Å². The third-order valence-corrected chi connectivity index (χ3v) is 6.07. The number of anilines is 2. The SMILES string of the molecule is CCCCCCn1c(SCC(=O)Nc2cccc(NC(C)=O)c2)nnc1-c1ccc(Cl)cc1. The quantitative estimate of drug-likeness (QED) is 0.262. The van der Waals surface area contributed by atoms with Gasteiger partial charge in [-0.1, -0.05) is 55.6 Å². The van der Waals surface area contributed by atoms with Crippen LogP contribution in [0, 0.1) is 0 Å². The lowest BCUT2D eigenvalue weighted by Gasteiger charge is -2.11. The third-order valence-electron chi connectivity index (χ3n) is 4.85. The molecule has 0 spiro atoms. The smallest absolute Gasteiger partial charge is 0.234 e. The van der Waals surface area contributed by atoms with Crippen molar-refractivity contribution in [3.05, 3.63) is 53.6 Å². The van der Waals surface area contributed by atoms with Crippen molar-refractivity contribution in [2.75, 3.05) is 16.4 Å². The van der Waals surface area contributed by atoms with Crippen LogP contribution >= 0.6 is 23.4 Å². The van der Waals surface area contributed by atoms with Gasteiger partial charge < -0.3 is 15.2 Å². The number of rotatable bonds is 11. The van der Waals surface area contributed by atoms with Crippen LogP contribution in [-0.2, 0) is 16.1 Å². The number of hydrogen-bond donors (Lipinski definition) is 2. The Morgan fingerprint density at radius 1 is 1.00 bits per heavy atom. The van der Waals surface area contributed by atoms with Crippen molar-refractivity contribution in [2.45, 2.75) is 51.2 Å². The molecule has 0 saturated heterocycles. The Labute approximate surface area is 203 Å². The van der Waals surface area contributed by atoms with E-state index in [0.29, 0.717) is 21.6 Å². The normalized spacial score (nSPS) is 10.8. The van der Waals surface area contributed by atoms with Crippen LogP contribution in [0.15, 0.2) is 53.7 Å². The number of benzene rings is 2. The summed E-state index contributed by atoms with van der Waals surface area (Å²) in [6, 6.07) is 14.6. The molecule has 2 aromatic carbocycles. The molecule has 0 fully saturated rings. The summed E-state index contributed by atoms with van der Waals surface area (Å²) >= 11 is 7.39. The first-order chi connectivity index (χ1) is 16.0. The van der Waals surface area contributed by atoms with Gasteiger partial charge in [-0.05, 0) is 48.9 Å². The number of nitrogens with one attached hydrogen (secondary N) is 2. The van der Waals surface area contributed by atoms with E-state index in [9.17, 15) is 9.59 Å². The number of thioether (sulfide) groups is 1. The van der Waals surface area contributed by atoms with Gasteiger partial charge in [-0.2, -0.15) is 0 Å². The minimum Gasteiger partial charge on any atom is -0.326 e. The number of hydrogen-bond acceptors (Lipinski definition) is 5. The fourth-order valence-electron chi connectivity index (χ4n) is 3.31. The molecule has 0 aliphatic heterocycles. The maximum atomic E-state index is 12.6. The molecule has 2 N–H and O–H groups in total. The maximum absolute atomic E-state index is 12.6. The first kappa shape index (κ1) is 24.8. The highest BCUT2D eigenvalue weighted by Crippen LogP contribution is 2.26. The Morgan fingerprint density at radius 3 is 2.42 bits per heavy atom. The molecule has 3 rings (SSSR count). The molecular formula is C24H28ClN5O2S. The molecule has 0 saturated carbocycles. The second-order valence-corrected chi connectivity index (χ2v) is 9.00. The van der Waals surface area contributed by atoms with E-state index < -0.39 is 0 Å². The zero-order valence-electron chi connectivity index (χ0n) is 18.8. The molecule has 2 amide bonds. The first-order valence-corrected chi connectivity index (χ1v) is 12.3. The highest BCUT2D eigenvalue weighted by molar-refractivity contribution is 7.99. The van der Waals surface area contributed by atoms with Gasteiger partial charge in [0, 0.05) is 35.4 Å². The molecule has 7 nitrogen and oxygen atoms in total. The molecule has 1 aromatic heterocycles. The number of amides is 2. The number of halogens is 1. The molecule has 0 aliphatic carbocycles. The summed E-state index contributed by atoms with van der Waals surface area (Å²) in [5.74, 6) is 0.643. The molecule has 9 heteroatoms. The van der Waals surface area contributed by atoms with Crippen molar-refractivity contribution in [1.29, 1.82) is 0 Å². The van der Waals surface area contributed by atoms with Gasteiger partial charge in [0.15, 0.2) is 11.0 Å². The Kier molecular flexibility index (Phi) is 9.33. The lowest BCUT2D eigenvalue weighted by Crippen LogP contribution is -2.15. The Hall–Kier alpha value is -2.84. The lowest BCUT2D eigenvalue weighted by atomic mass is 10.2. The fraction of sp³-hybridized carbons (Fsp3) is 0.333. The molecule has 1 heterocycles. The second kappa shape index (κ2) is 12.4. The van der Waals surface area contributed by atoms with Gasteiger partial charge in [0.1, 0.15) is 0 Å². The van der Waals surface area contributed by atoms with Crippen LogP contribution in [0.25, 0.3) is 11.4 Å². The monoisotopic (exact) mass is 485 g/mol. The summed E-state index contributed by atoms with van der Waals surface area (Å²) < 4.78 is 2.08. The van der Waals surface area contributed by atoms with E-state index >= 15 is 0 Å². The van der Waals surface area contributed by atoms with Gasteiger partial charge in [0.05, 0.1) is 5.75 Å². The van der Waals surface area contributed by atoms with Crippen LogP contribution in [0.1, 0.15) is 39.5 Å². The molecule has 0 bridgehead atoms. The van der Waals surface area contributed by atoms with Crippen LogP contribution in [0.2, 0.25) is 5.02 Å². The Bertz CT molecular complexity index is 1080. The van der Waals surface area contributed by atoms with E-state index in [-0.39, 0.29) is 17.6 Å². The number of aromatic nitrogens is 3. The van der Waals surface area contributed by atoms with Gasteiger partial charge in [-0.3, -0.25) is 9.59 Å². The maximum Gasteiger partial charge on any atom is 0.234 e. The van der Waals surface area contributed by atoms with E-state index in [0.717, 1.165) is 37.2 Å². The predicted molar refractivity (Wildman–Crippen MR) is 135 cm³/mol. The summed E-state index contributed by atoms with van der Waals surface area (Å²) in [6.07, 6.45) is 4.49. The van der Waals surface area contributed by atoms with Crippen LogP contribution < -0.4 is 10.6 Å².